The van der Waals surface area contributed by atoms with E-state index < -0.39 is 5.66 Å². The fraction of sp³-hybridized carbons (Fsp3) is 0.300. The summed E-state index contributed by atoms with van der Waals surface area (Å²) < 4.78 is 11.9. The minimum atomic E-state index is -0.997. The fourth-order valence-corrected chi connectivity index (χ4v) is 4.32. The Bertz CT molecular complexity index is 1100. The number of fused-ring (bicyclic) bond motifs is 2. The molecule has 1 unspecified atom stereocenters. The molecule has 9 heteroatoms. The number of benzene rings is 1. The highest BCUT2D eigenvalue weighted by Crippen LogP contribution is 2.43. The molecule has 2 aliphatic rings. The highest BCUT2D eigenvalue weighted by atomic mass is 16.5. The largest absolute Gasteiger partial charge is 0.497 e. The minimum absolute atomic E-state index is 0.151. The zero-order valence-corrected chi connectivity index (χ0v) is 16.0. The molecular formula is C20H19N5O4. The second-order valence-electron chi connectivity index (χ2n) is 7.15. The Morgan fingerprint density at radius 1 is 1.21 bits per heavy atom. The summed E-state index contributed by atoms with van der Waals surface area (Å²) in [6.45, 7) is 2.88. The summed E-state index contributed by atoms with van der Waals surface area (Å²) in [7, 11) is 1.60. The number of amides is 2. The molecule has 1 aromatic carbocycles. The molecule has 0 saturated carbocycles. The van der Waals surface area contributed by atoms with Crippen molar-refractivity contribution in [3.05, 3.63) is 65.3 Å². The van der Waals surface area contributed by atoms with E-state index in [4.69, 9.17) is 9.26 Å². The fourth-order valence-electron chi connectivity index (χ4n) is 4.32. The van der Waals surface area contributed by atoms with Crippen molar-refractivity contribution in [1.82, 2.24) is 24.7 Å². The molecule has 0 N–H and O–H groups in total. The van der Waals surface area contributed by atoms with E-state index in [1.807, 2.05) is 24.3 Å². The normalized spacial score (nSPS) is 20.6. The van der Waals surface area contributed by atoms with E-state index in [1.54, 1.807) is 40.8 Å². The third-order valence-corrected chi connectivity index (χ3v) is 5.77. The van der Waals surface area contributed by atoms with Gasteiger partial charge in [0.05, 0.1) is 19.3 Å². The molecule has 148 valence electrons. The third-order valence-electron chi connectivity index (χ3n) is 5.77. The Labute approximate surface area is 166 Å². The number of rotatable bonds is 3. The zero-order chi connectivity index (χ0) is 20.2. The lowest BCUT2D eigenvalue weighted by Gasteiger charge is -2.46. The second-order valence-corrected chi connectivity index (χ2v) is 7.15. The van der Waals surface area contributed by atoms with Crippen LogP contribution in [0.4, 0.5) is 0 Å². The van der Waals surface area contributed by atoms with Crippen LogP contribution in [0.25, 0.3) is 0 Å². The number of nitrogens with zero attached hydrogens (tertiary/aromatic N) is 5. The topological polar surface area (TPSA) is 93.7 Å². The van der Waals surface area contributed by atoms with Gasteiger partial charge in [-0.1, -0.05) is 17.3 Å². The van der Waals surface area contributed by atoms with E-state index in [0.717, 1.165) is 5.56 Å². The van der Waals surface area contributed by atoms with Crippen LogP contribution in [0.15, 0.2) is 47.3 Å². The standard InChI is InChI=1S/C20H19N5O4/c1-13-16(11-29-22-13)18(26)23-9-10-24-19(27)17-7-8-21-25(17)12-20(23,24)14-3-5-15(28-2)6-4-14/h3-8,11H,9-10,12H2,1-2H3. The molecule has 0 aliphatic carbocycles. The molecular weight excluding hydrogens is 374 g/mol. The zero-order valence-electron chi connectivity index (χ0n) is 16.0. The van der Waals surface area contributed by atoms with E-state index in [0.29, 0.717) is 42.3 Å². The molecule has 1 atom stereocenters. The summed E-state index contributed by atoms with van der Waals surface area (Å²) >= 11 is 0. The number of hydrogen-bond acceptors (Lipinski definition) is 6. The maximum Gasteiger partial charge on any atom is 0.274 e. The van der Waals surface area contributed by atoms with Gasteiger partial charge in [0, 0.05) is 24.8 Å². The number of hydrogen-bond donors (Lipinski definition) is 0. The smallest absolute Gasteiger partial charge is 0.274 e. The highest BCUT2D eigenvalue weighted by Gasteiger charge is 2.56. The van der Waals surface area contributed by atoms with Crippen molar-refractivity contribution in [3.8, 4) is 5.75 Å². The second kappa shape index (κ2) is 6.20. The van der Waals surface area contributed by atoms with E-state index in [9.17, 15) is 9.59 Å². The van der Waals surface area contributed by atoms with E-state index in [-0.39, 0.29) is 11.8 Å². The SMILES string of the molecule is COc1ccc(C23Cn4nccc4C(=O)N2CCN3C(=O)c2conc2C)cc1. The van der Waals surface area contributed by atoms with Crippen LogP contribution in [0.2, 0.25) is 0 Å². The Balaban J connectivity index is 1.69. The van der Waals surface area contributed by atoms with Crippen molar-refractivity contribution in [3.63, 3.8) is 0 Å². The minimum Gasteiger partial charge on any atom is -0.497 e. The Kier molecular flexibility index (Phi) is 3.73. The van der Waals surface area contributed by atoms with Gasteiger partial charge in [0.1, 0.15) is 23.3 Å². The van der Waals surface area contributed by atoms with Crippen LogP contribution in [0, 0.1) is 6.92 Å². The van der Waals surface area contributed by atoms with Crippen molar-refractivity contribution in [2.75, 3.05) is 20.2 Å². The van der Waals surface area contributed by atoms with Crippen molar-refractivity contribution in [2.45, 2.75) is 19.1 Å². The summed E-state index contributed by atoms with van der Waals surface area (Å²) in [6, 6.07) is 9.14. The lowest BCUT2D eigenvalue weighted by Crippen LogP contribution is -2.60. The van der Waals surface area contributed by atoms with E-state index >= 15 is 0 Å². The quantitative estimate of drug-likeness (QED) is 0.672. The van der Waals surface area contributed by atoms with Crippen LogP contribution in [-0.4, -0.2) is 56.8 Å². The van der Waals surface area contributed by atoms with Gasteiger partial charge in [-0.05, 0) is 25.1 Å². The molecule has 1 saturated heterocycles. The predicted molar refractivity (Wildman–Crippen MR) is 100 cm³/mol. The summed E-state index contributed by atoms with van der Waals surface area (Å²) in [5.41, 5.74) is 1.24. The summed E-state index contributed by atoms with van der Waals surface area (Å²) in [4.78, 5) is 30.2. The highest BCUT2D eigenvalue weighted by molar-refractivity contribution is 5.98. The molecule has 29 heavy (non-hydrogen) atoms. The monoisotopic (exact) mass is 393 g/mol. The summed E-state index contributed by atoms with van der Waals surface area (Å²) in [5, 5.41) is 8.16. The number of methoxy groups -OCH3 is 1. The third kappa shape index (κ3) is 2.33. The first-order valence-corrected chi connectivity index (χ1v) is 9.27. The number of carbonyl (C=O) groups is 2. The molecule has 9 nitrogen and oxygen atoms in total. The Morgan fingerprint density at radius 2 is 2.00 bits per heavy atom. The average Bonchev–Trinajstić information content (AvgIpc) is 3.46. The Morgan fingerprint density at radius 3 is 2.69 bits per heavy atom. The lowest BCUT2D eigenvalue weighted by atomic mass is 9.93. The van der Waals surface area contributed by atoms with E-state index in [1.165, 1.54) is 6.26 Å². The molecule has 0 radical (unpaired) electrons. The lowest BCUT2D eigenvalue weighted by molar-refractivity contribution is -0.00854. The molecule has 3 aromatic rings. The molecule has 5 rings (SSSR count). The number of ether oxygens (including phenoxy) is 1. The average molecular weight is 393 g/mol. The van der Waals surface area contributed by atoms with Crippen LogP contribution >= 0.6 is 0 Å². The molecule has 0 bridgehead atoms. The first-order chi connectivity index (χ1) is 14.1. The van der Waals surface area contributed by atoms with Gasteiger partial charge in [0.25, 0.3) is 11.8 Å². The van der Waals surface area contributed by atoms with Gasteiger partial charge < -0.3 is 19.1 Å². The number of aromatic nitrogens is 3. The van der Waals surface area contributed by atoms with E-state index in [2.05, 4.69) is 10.3 Å². The molecule has 4 heterocycles. The number of carbonyl (C=O) groups excluding carboxylic acids is 2. The van der Waals surface area contributed by atoms with Crippen molar-refractivity contribution < 1.29 is 18.8 Å². The van der Waals surface area contributed by atoms with Gasteiger partial charge in [-0.25, -0.2) is 0 Å². The summed E-state index contributed by atoms with van der Waals surface area (Å²) in [5.74, 6) is 0.316. The molecule has 0 spiro atoms. The van der Waals surface area contributed by atoms with Gasteiger partial charge >= 0.3 is 0 Å². The van der Waals surface area contributed by atoms with Crippen molar-refractivity contribution >= 4 is 11.8 Å². The van der Waals surface area contributed by atoms with Crippen LogP contribution < -0.4 is 4.74 Å². The van der Waals surface area contributed by atoms with Crippen LogP contribution in [0.5, 0.6) is 5.75 Å². The Hall–Kier alpha value is -3.62. The maximum absolute atomic E-state index is 13.5. The van der Waals surface area contributed by atoms with Crippen LogP contribution in [0.1, 0.15) is 32.1 Å². The van der Waals surface area contributed by atoms with Gasteiger partial charge in [0.15, 0.2) is 5.66 Å². The molecule has 2 aliphatic heterocycles. The maximum atomic E-state index is 13.5. The molecule has 2 aromatic heterocycles. The van der Waals surface area contributed by atoms with Gasteiger partial charge in [-0.15, -0.1) is 0 Å². The van der Waals surface area contributed by atoms with Gasteiger partial charge in [-0.2, -0.15) is 5.10 Å². The number of aryl methyl sites for hydroxylation is 1. The van der Waals surface area contributed by atoms with Gasteiger partial charge in [-0.3, -0.25) is 14.3 Å². The first kappa shape index (κ1) is 17.5. The predicted octanol–water partition coefficient (Wildman–Crippen LogP) is 1.65. The van der Waals surface area contributed by atoms with Gasteiger partial charge in [0.2, 0.25) is 0 Å². The molecule has 2 amide bonds. The van der Waals surface area contributed by atoms with Crippen LogP contribution in [0.3, 0.4) is 0 Å². The first-order valence-electron chi connectivity index (χ1n) is 9.27. The molecule has 1 fully saturated rings. The van der Waals surface area contributed by atoms with Crippen molar-refractivity contribution in [2.24, 2.45) is 0 Å². The van der Waals surface area contributed by atoms with Crippen LogP contribution in [-0.2, 0) is 12.2 Å². The van der Waals surface area contributed by atoms with Crippen molar-refractivity contribution in [1.29, 1.82) is 0 Å². The summed E-state index contributed by atoms with van der Waals surface area (Å²) in [6.07, 6.45) is 2.96.